The zero-order valence-corrected chi connectivity index (χ0v) is 16.5. The van der Waals surface area contributed by atoms with Crippen LogP contribution >= 0.6 is 0 Å². The molecule has 0 aliphatic carbocycles. The number of Topliss-reactive ketones (excluding diaryl/α,β-unsaturated/α-hetero) is 1. The molecule has 0 fully saturated rings. The van der Waals surface area contributed by atoms with Gasteiger partial charge in [-0.25, -0.2) is 0 Å². The summed E-state index contributed by atoms with van der Waals surface area (Å²) in [6.45, 7) is 4.14. The Kier molecular flexibility index (Phi) is 13.0. The van der Waals surface area contributed by atoms with Crippen LogP contribution in [0.3, 0.4) is 0 Å². The predicted octanol–water partition coefficient (Wildman–Crippen LogP) is 7.81. The van der Waals surface area contributed by atoms with Gasteiger partial charge in [-0.3, -0.25) is 4.79 Å². The van der Waals surface area contributed by atoms with Gasteiger partial charge in [-0.1, -0.05) is 70.4 Å². The van der Waals surface area contributed by atoms with Gasteiger partial charge in [0.25, 0.3) is 0 Å². The average Bonchev–Trinajstić information content (AvgIpc) is 3.04. The molecule has 0 atom stereocenters. The first-order valence-electron chi connectivity index (χ1n) is 10.5. The summed E-state index contributed by atoms with van der Waals surface area (Å²) >= 11 is 0. The number of rotatable bonds is 16. The third-order valence-electron chi connectivity index (χ3n) is 4.68. The molecule has 1 rings (SSSR count). The highest BCUT2D eigenvalue weighted by Crippen LogP contribution is 2.13. The third kappa shape index (κ3) is 11.8. The van der Waals surface area contributed by atoms with Gasteiger partial charge < -0.3 is 4.42 Å². The number of aryl methyl sites for hydroxylation is 1. The van der Waals surface area contributed by atoms with Crippen LogP contribution in [0, 0.1) is 6.92 Å². The molecule has 0 spiro atoms. The van der Waals surface area contributed by atoms with Gasteiger partial charge in [0.05, 0.1) is 0 Å². The van der Waals surface area contributed by atoms with Gasteiger partial charge >= 0.3 is 0 Å². The van der Waals surface area contributed by atoms with Crippen molar-refractivity contribution in [2.45, 2.75) is 104 Å². The molecule has 0 aliphatic heterocycles. The second kappa shape index (κ2) is 15.0. The lowest BCUT2D eigenvalue weighted by Gasteiger charge is -2.00. The Morgan fingerprint density at radius 3 is 1.96 bits per heavy atom. The second-order valence-corrected chi connectivity index (χ2v) is 7.17. The van der Waals surface area contributed by atoms with Gasteiger partial charge in [0.1, 0.15) is 5.76 Å². The van der Waals surface area contributed by atoms with E-state index in [1.165, 1.54) is 70.6 Å². The third-order valence-corrected chi connectivity index (χ3v) is 4.68. The minimum absolute atomic E-state index is 0.144. The predicted molar refractivity (Wildman–Crippen MR) is 107 cm³/mol. The number of unbranched alkanes of at least 4 members (excludes halogenated alkanes) is 11. The molecule has 0 aliphatic rings. The van der Waals surface area contributed by atoms with Crippen molar-refractivity contribution in [1.82, 2.24) is 0 Å². The van der Waals surface area contributed by atoms with Crippen LogP contribution in [-0.2, 0) is 0 Å². The van der Waals surface area contributed by atoms with Crippen LogP contribution in [0.4, 0.5) is 0 Å². The van der Waals surface area contributed by atoms with E-state index in [-0.39, 0.29) is 5.78 Å². The molecule has 0 amide bonds. The highest BCUT2D eigenvalue weighted by molar-refractivity contribution is 5.93. The topological polar surface area (TPSA) is 30.2 Å². The van der Waals surface area contributed by atoms with Crippen molar-refractivity contribution in [3.05, 3.63) is 35.8 Å². The smallest absolute Gasteiger partial charge is 0.197 e. The van der Waals surface area contributed by atoms with Gasteiger partial charge in [0.2, 0.25) is 0 Å². The van der Waals surface area contributed by atoms with Crippen LogP contribution in [-0.4, -0.2) is 5.78 Å². The summed E-state index contributed by atoms with van der Waals surface area (Å²) in [5, 5.41) is 0. The molecule has 0 unspecified atom stereocenters. The van der Waals surface area contributed by atoms with Crippen LogP contribution in [0.25, 0.3) is 0 Å². The summed E-state index contributed by atoms with van der Waals surface area (Å²) in [5.41, 5.74) is 0. The molecule has 0 N–H and O–H groups in total. The maximum Gasteiger partial charge on any atom is 0.197 e. The maximum atomic E-state index is 11.9. The monoisotopic (exact) mass is 346 g/mol. The summed E-state index contributed by atoms with van der Waals surface area (Å²) in [6, 6.07) is 3.64. The van der Waals surface area contributed by atoms with E-state index in [1.807, 2.05) is 13.0 Å². The molecule has 25 heavy (non-hydrogen) atoms. The fraction of sp³-hybridized carbons (Fsp3) is 0.696. The summed E-state index contributed by atoms with van der Waals surface area (Å²) < 4.78 is 5.36. The molecule has 1 aromatic heterocycles. The number of hydrogen-bond donors (Lipinski definition) is 0. The van der Waals surface area contributed by atoms with E-state index in [1.54, 1.807) is 6.07 Å². The van der Waals surface area contributed by atoms with Crippen LogP contribution in [0.15, 0.2) is 28.7 Å². The molecule has 2 heteroatoms. The normalized spacial score (nSPS) is 11.4. The highest BCUT2D eigenvalue weighted by Gasteiger charge is 2.08. The van der Waals surface area contributed by atoms with Gasteiger partial charge in [0, 0.05) is 6.42 Å². The van der Waals surface area contributed by atoms with Crippen molar-refractivity contribution in [3.8, 4) is 0 Å². The Hall–Kier alpha value is -1.31. The highest BCUT2D eigenvalue weighted by atomic mass is 16.3. The van der Waals surface area contributed by atoms with E-state index >= 15 is 0 Å². The first-order chi connectivity index (χ1) is 12.2. The van der Waals surface area contributed by atoms with Crippen molar-refractivity contribution < 1.29 is 9.21 Å². The first-order valence-corrected chi connectivity index (χ1v) is 10.5. The van der Waals surface area contributed by atoms with Gasteiger partial charge in [-0.05, 0) is 51.2 Å². The van der Waals surface area contributed by atoms with Gasteiger partial charge in [0.15, 0.2) is 11.5 Å². The fourth-order valence-corrected chi connectivity index (χ4v) is 3.06. The lowest BCUT2D eigenvalue weighted by atomic mass is 10.1. The van der Waals surface area contributed by atoms with E-state index < -0.39 is 0 Å². The number of allylic oxidation sites excluding steroid dienone is 2. The van der Waals surface area contributed by atoms with Crippen LogP contribution in [0.5, 0.6) is 0 Å². The fourth-order valence-electron chi connectivity index (χ4n) is 3.06. The molecule has 142 valence electrons. The molecule has 0 saturated carbocycles. The van der Waals surface area contributed by atoms with Gasteiger partial charge in [-0.2, -0.15) is 0 Å². The number of carbonyl (C=O) groups is 1. The minimum Gasteiger partial charge on any atom is -0.458 e. The van der Waals surface area contributed by atoms with E-state index in [2.05, 4.69) is 19.1 Å². The van der Waals surface area contributed by atoms with Crippen molar-refractivity contribution in [2.75, 3.05) is 0 Å². The summed E-state index contributed by atoms with van der Waals surface area (Å²) in [4.78, 5) is 11.9. The molecular formula is C23H38O2. The molecular weight excluding hydrogens is 308 g/mol. The van der Waals surface area contributed by atoms with Crippen molar-refractivity contribution in [3.63, 3.8) is 0 Å². The van der Waals surface area contributed by atoms with E-state index in [0.29, 0.717) is 12.2 Å². The number of ketones is 1. The molecule has 0 aromatic carbocycles. The Bertz CT molecular complexity index is 470. The summed E-state index contributed by atoms with van der Waals surface area (Å²) in [5.74, 6) is 1.48. The molecule has 0 radical (unpaired) electrons. The largest absolute Gasteiger partial charge is 0.458 e. The molecule has 0 bridgehead atoms. The molecule has 1 aromatic rings. The van der Waals surface area contributed by atoms with Gasteiger partial charge in [-0.15, -0.1) is 0 Å². The molecule has 2 nitrogen and oxygen atoms in total. The summed E-state index contributed by atoms with van der Waals surface area (Å²) in [7, 11) is 0. The SMILES string of the molecule is CCCCCCCC/C=C/CCCCCCCC(=O)c1ccc(C)o1. The first kappa shape index (κ1) is 21.7. The minimum atomic E-state index is 0.144. The molecule has 0 saturated heterocycles. The Morgan fingerprint density at radius 1 is 0.840 bits per heavy atom. The van der Waals surface area contributed by atoms with E-state index in [9.17, 15) is 4.79 Å². The summed E-state index contributed by atoms with van der Waals surface area (Å²) in [6.07, 6.45) is 22.0. The number of carbonyl (C=O) groups excluding carboxylic acids is 1. The van der Waals surface area contributed by atoms with Crippen molar-refractivity contribution in [2.24, 2.45) is 0 Å². The lowest BCUT2D eigenvalue weighted by molar-refractivity contribution is 0.0951. The Morgan fingerprint density at radius 2 is 1.40 bits per heavy atom. The Labute approximate surface area is 155 Å². The zero-order chi connectivity index (χ0) is 18.2. The van der Waals surface area contributed by atoms with Crippen LogP contribution < -0.4 is 0 Å². The van der Waals surface area contributed by atoms with E-state index in [4.69, 9.17) is 4.42 Å². The quantitative estimate of drug-likeness (QED) is 0.173. The Balaban J connectivity index is 1.84. The average molecular weight is 347 g/mol. The van der Waals surface area contributed by atoms with Crippen LogP contribution in [0.1, 0.15) is 113 Å². The number of hydrogen-bond acceptors (Lipinski definition) is 2. The second-order valence-electron chi connectivity index (χ2n) is 7.17. The number of furan rings is 1. The van der Waals surface area contributed by atoms with Crippen molar-refractivity contribution in [1.29, 1.82) is 0 Å². The van der Waals surface area contributed by atoms with Crippen molar-refractivity contribution >= 4 is 5.78 Å². The zero-order valence-electron chi connectivity index (χ0n) is 16.5. The lowest BCUT2D eigenvalue weighted by Crippen LogP contribution is -1.96. The standard InChI is InChI=1S/C23H38O2/c1-3-4-5-6-7-8-9-10-11-12-13-14-15-16-17-18-22(24)23-20-19-21(2)25-23/h10-11,19-20H,3-9,12-18H2,1-2H3/b11-10+. The molecule has 1 heterocycles. The van der Waals surface area contributed by atoms with E-state index in [0.717, 1.165) is 18.6 Å². The van der Waals surface area contributed by atoms with Crippen LogP contribution in [0.2, 0.25) is 0 Å². The maximum absolute atomic E-state index is 11.9.